The van der Waals surface area contributed by atoms with E-state index in [0.29, 0.717) is 4.91 Å². The molecule has 1 heterocycles. The van der Waals surface area contributed by atoms with Crippen LogP contribution in [0, 0.1) is 0 Å². The summed E-state index contributed by atoms with van der Waals surface area (Å²) in [4.78, 5) is 0.312. The van der Waals surface area contributed by atoms with Crippen molar-refractivity contribution in [1.82, 2.24) is 15.0 Å². The van der Waals surface area contributed by atoms with Gasteiger partial charge in [0.25, 0.3) is 0 Å². The molecular weight excluding hydrogens is 277 g/mol. The molecule has 0 bridgehead atoms. The summed E-state index contributed by atoms with van der Waals surface area (Å²) in [5.41, 5.74) is 4.36. The highest BCUT2D eigenvalue weighted by Gasteiger charge is 2.37. The van der Waals surface area contributed by atoms with Gasteiger partial charge in [0.05, 0.1) is 23.7 Å². The van der Waals surface area contributed by atoms with Crippen LogP contribution >= 0.6 is 11.8 Å². The molecule has 19 heavy (non-hydrogen) atoms. The molecule has 0 aromatic carbocycles. The smallest absolute Gasteiger partial charge is 0.404 e. The van der Waals surface area contributed by atoms with Crippen molar-refractivity contribution in [1.29, 1.82) is 0 Å². The van der Waals surface area contributed by atoms with Gasteiger partial charge >= 0.3 is 6.18 Å². The largest absolute Gasteiger partial charge is 0.418 e. The van der Waals surface area contributed by atoms with Crippen molar-refractivity contribution in [3.63, 3.8) is 0 Å². The second kappa shape index (κ2) is 6.46. The first kappa shape index (κ1) is 15.4. The highest BCUT2D eigenvalue weighted by Crippen LogP contribution is 2.35. The Morgan fingerprint density at radius 2 is 2.11 bits per heavy atom. The molecule has 0 spiro atoms. The number of hydrogen-bond donors (Lipinski definition) is 1. The minimum Gasteiger partial charge on any atom is -0.404 e. The van der Waals surface area contributed by atoms with Crippen molar-refractivity contribution >= 4 is 17.5 Å². The number of nitrogens with two attached hydrogens (primary N) is 1. The molecule has 0 fully saturated rings. The standard InChI is InChI=1S/C11H13F3N4S/c1-3-10(18-5-4-16-17-18)9(11(12,13)14)6-8(7-15)19-2/h3-7H,15H2,1-2H3/b8-7+,9-6+,10-3+. The number of rotatable bonds is 4. The molecule has 4 nitrogen and oxygen atoms in total. The van der Waals surface area contributed by atoms with Gasteiger partial charge < -0.3 is 5.73 Å². The third kappa shape index (κ3) is 3.88. The molecule has 0 atom stereocenters. The summed E-state index contributed by atoms with van der Waals surface area (Å²) in [5, 5.41) is 7.09. The molecule has 1 aromatic heterocycles. The molecule has 1 aromatic rings. The number of hydrogen-bond acceptors (Lipinski definition) is 4. The third-order valence-electron chi connectivity index (χ3n) is 2.21. The molecule has 104 valence electrons. The first-order valence-corrected chi connectivity index (χ1v) is 6.44. The van der Waals surface area contributed by atoms with E-state index in [-0.39, 0.29) is 5.70 Å². The summed E-state index contributed by atoms with van der Waals surface area (Å²) in [6, 6.07) is 0. The third-order valence-corrected chi connectivity index (χ3v) is 2.94. The minimum atomic E-state index is -4.52. The SMILES string of the molecule is C\C=C(/C(=C\C(=C/N)SC)C(F)(F)F)n1ccnn1. The predicted octanol–water partition coefficient (Wildman–Crippen LogP) is 2.79. The van der Waals surface area contributed by atoms with E-state index in [2.05, 4.69) is 10.3 Å². The Kier molecular flexibility index (Phi) is 5.22. The van der Waals surface area contributed by atoms with Crippen molar-refractivity contribution in [3.05, 3.63) is 41.2 Å². The maximum atomic E-state index is 13.1. The Morgan fingerprint density at radius 1 is 1.42 bits per heavy atom. The molecule has 1 rings (SSSR count). The first-order valence-electron chi connectivity index (χ1n) is 5.22. The van der Waals surface area contributed by atoms with Crippen LogP contribution in [0.25, 0.3) is 5.70 Å². The van der Waals surface area contributed by atoms with E-state index < -0.39 is 11.7 Å². The van der Waals surface area contributed by atoms with Gasteiger partial charge in [0.2, 0.25) is 0 Å². The van der Waals surface area contributed by atoms with Gasteiger partial charge in [-0.05, 0) is 19.3 Å². The fourth-order valence-electron chi connectivity index (χ4n) is 1.37. The summed E-state index contributed by atoms with van der Waals surface area (Å²) in [7, 11) is 0. The van der Waals surface area contributed by atoms with Crippen LogP contribution in [0.1, 0.15) is 6.92 Å². The van der Waals surface area contributed by atoms with Crippen LogP contribution in [0.15, 0.2) is 41.2 Å². The van der Waals surface area contributed by atoms with Crippen molar-refractivity contribution in [2.45, 2.75) is 13.1 Å². The number of thioether (sulfide) groups is 1. The Bertz CT molecular complexity index is 501. The van der Waals surface area contributed by atoms with E-state index in [1.165, 1.54) is 25.4 Å². The van der Waals surface area contributed by atoms with E-state index >= 15 is 0 Å². The van der Waals surface area contributed by atoms with E-state index in [1.807, 2.05) is 0 Å². The molecule has 0 amide bonds. The number of allylic oxidation sites excluding steroid dienone is 4. The molecule has 0 unspecified atom stereocenters. The normalized spacial score (nSPS) is 14.9. The van der Waals surface area contributed by atoms with Crippen LogP contribution in [0.5, 0.6) is 0 Å². The maximum Gasteiger partial charge on any atom is 0.418 e. The fraction of sp³-hybridized carbons (Fsp3) is 0.273. The lowest BCUT2D eigenvalue weighted by molar-refractivity contribution is -0.0876. The second-order valence-electron chi connectivity index (χ2n) is 3.35. The van der Waals surface area contributed by atoms with Crippen molar-refractivity contribution < 1.29 is 13.2 Å². The molecule has 0 aliphatic carbocycles. The molecular formula is C11H13F3N4S. The van der Waals surface area contributed by atoms with E-state index in [1.54, 1.807) is 6.26 Å². The summed E-state index contributed by atoms with van der Waals surface area (Å²) in [6.45, 7) is 1.50. The Hall–Kier alpha value is -1.70. The van der Waals surface area contributed by atoms with Gasteiger partial charge in [-0.2, -0.15) is 13.2 Å². The number of alkyl halides is 3. The van der Waals surface area contributed by atoms with Crippen molar-refractivity contribution in [2.24, 2.45) is 5.73 Å². The molecule has 0 aliphatic heterocycles. The highest BCUT2D eigenvalue weighted by atomic mass is 32.2. The van der Waals surface area contributed by atoms with E-state index in [0.717, 1.165) is 28.7 Å². The Labute approximate surface area is 112 Å². The van der Waals surface area contributed by atoms with Gasteiger partial charge in [-0.15, -0.1) is 16.9 Å². The number of nitrogens with zero attached hydrogens (tertiary/aromatic N) is 3. The summed E-state index contributed by atoms with van der Waals surface area (Å²) >= 11 is 1.13. The van der Waals surface area contributed by atoms with Gasteiger partial charge in [0, 0.05) is 11.1 Å². The zero-order valence-corrected chi connectivity index (χ0v) is 11.2. The van der Waals surface area contributed by atoms with Crippen molar-refractivity contribution in [2.75, 3.05) is 6.26 Å². The lowest BCUT2D eigenvalue weighted by atomic mass is 10.1. The quantitative estimate of drug-likeness (QED) is 0.866. The average molecular weight is 290 g/mol. The van der Waals surface area contributed by atoms with Crippen LogP contribution in [0.3, 0.4) is 0 Å². The molecule has 0 aliphatic rings. The van der Waals surface area contributed by atoms with Crippen molar-refractivity contribution in [3.8, 4) is 0 Å². The first-order chi connectivity index (χ1) is 8.93. The van der Waals surface area contributed by atoms with Crippen LogP contribution < -0.4 is 5.73 Å². The monoisotopic (exact) mass is 290 g/mol. The lowest BCUT2D eigenvalue weighted by Gasteiger charge is -2.15. The number of halogens is 3. The summed E-state index contributed by atoms with van der Waals surface area (Å²) < 4.78 is 40.5. The average Bonchev–Trinajstić information content (AvgIpc) is 2.86. The van der Waals surface area contributed by atoms with Crippen LogP contribution in [-0.2, 0) is 0 Å². The molecule has 0 saturated heterocycles. The zero-order chi connectivity index (χ0) is 14.5. The van der Waals surface area contributed by atoms with Crippen LogP contribution in [0.4, 0.5) is 13.2 Å². The van der Waals surface area contributed by atoms with E-state index in [4.69, 9.17) is 5.73 Å². The summed E-state index contributed by atoms with van der Waals surface area (Å²) in [6.07, 6.45) is 3.23. The predicted molar refractivity (Wildman–Crippen MR) is 69.9 cm³/mol. The van der Waals surface area contributed by atoms with E-state index in [9.17, 15) is 13.2 Å². The topological polar surface area (TPSA) is 56.7 Å². The Balaban J connectivity index is 3.33. The van der Waals surface area contributed by atoms with Crippen LogP contribution in [0.2, 0.25) is 0 Å². The maximum absolute atomic E-state index is 13.1. The van der Waals surface area contributed by atoms with Gasteiger partial charge in [0.1, 0.15) is 0 Å². The second-order valence-corrected chi connectivity index (χ2v) is 4.23. The fourth-order valence-corrected chi connectivity index (χ4v) is 1.74. The van der Waals surface area contributed by atoms with Gasteiger partial charge in [-0.3, -0.25) is 0 Å². The molecule has 8 heteroatoms. The molecule has 0 radical (unpaired) electrons. The van der Waals surface area contributed by atoms with Gasteiger partial charge in [0.15, 0.2) is 0 Å². The lowest BCUT2D eigenvalue weighted by Crippen LogP contribution is -2.17. The molecule has 0 saturated carbocycles. The summed E-state index contributed by atoms with van der Waals surface area (Å²) in [5.74, 6) is 0. The molecule has 2 N–H and O–H groups in total. The number of aromatic nitrogens is 3. The van der Waals surface area contributed by atoms with Crippen LogP contribution in [-0.4, -0.2) is 27.4 Å². The Morgan fingerprint density at radius 3 is 2.47 bits per heavy atom. The van der Waals surface area contributed by atoms with Gasteiger partial charge in [-0.1, -0.05) is 11.3 Å². The zero-order valence-electron chi connectivity index (χ0n) is 10.3. The highest BCUT2D eigenvalue weighted by molar-refractivity contribution is 8.02. The minimum absolute atomic E-state index is 0.0987. The van der Waals surface area contributed by atoms with Gasteiger partial charge in [-0.25, -0.2) is 4.68 Å².